The molecule has 0 bridgehead atoms. The van der Waals surface area contributed by atoms with Gasteiger partial charge in [-0.25, -0.2) is 4.98 Å². The van der Waals surface area contributed by atoms with Crippen molar-refractivity contribution in [3.05, 3.63) is 35.7 Å². The maximum atomic E-state index is 12.2. The van der Waals surface area contributed by atoms with Gasteiger partial charge in [-0.05, 0) is 13.3 Å². The smallest absolute Gasteiger partial charge is 0.243 e. The molecule has 0 aliphatic carbocycles. The van der Waals surface area contributed by atoms with E-state index in [0.29, 0.717) is 18.1 Å². The largest absolute Gasteiger partial charge is 0.305 e. The van der Waals surface area contributed by atoms with Gasteiger partial charge in [0, 0.05) is 23.4 Å². The molecule has 2 atom stereocenters. The molecule has 1 aromatic carbocycles. The molecule has 6 heteroatoms. The van der Waals surface area contributed by atoms with Crippen molar-refractivity contribution >= 4 is 28.2 Å². The molecular formula is C16H17N3O2S. The Balaban J connectivity index is 1.63. The van der Waals surface area contributed by atoms with Crippen LogP contribution in [0.4, 0.5) is 5.13 Å². The predicted octanol–water partition coefficient (Wildman–Crippen LogP) is 2.32. The summed E-state index contributed by atoms with van der Waals surface area (Å²) in [6.07, 6.45) is 0.554. The zero-order chi connectivity index (χ0) is 15.5. The summed E-state index contributed by atoms with van der Waals surface area (Å²) in [4.78, 5) is 28.0. The molecule has 1 aliphatic heterocycles. The lowest BCUT2D eigenvalue weighted by Crippen LogP contribution is -2.35. The summed E-state index contributed by atoms with van der Waals surface area (Å²) in [6, 6.07) is 9.51. The van der Waals surface area contributed by atoms with Crippen LogP contribution >= 0.6 is 11.3 Å². The number of hydrogen-bond acceptors (Lipinski definition) is 5. The van der Waals surface area contributed by atoms with Crippen molar-refractivity contribution in [1.82, 2.24) is 10.3 Å². The first-order chi connectivity index (χ1) is 10.6. The minimum absolute atomic E-state index is 0.0630. The molecule has 5 nitrogen and oxygen atoms in total. The van der Waals surface area contributed by atoms with Crippen molar-refractivity contribution in [2.45, 2.75) is 19.4 Å². The molecule has 2 aromatic rings. The highest BCUT2D eigenvalue weighted by Crippen LogP contribution is 2.25. The average molecular weight is 315 g/mol. The van der Waals surface area contributed by atoms with Gasteiger partial charge in [0.15, 0.2) is 5.13 Å². The molecule has 1 amide bonds. The molecule has 1 saturated heterocycles. The predicted molar refractivity (Wildman–Crippen MR) is 86.8 cm³/mol. The Labute approximate surface area is 132 Å². The van der Waals surface area contributed by atoms with Gasteiger partial charge in [0.1, 0.15) is 5.78 Å². The third kappa shape index (κ3) is 3.23. The van der Waals surface area contributed by atoms with Crippen LogP contribution in [0.3, 0.4) is 0 Å². The van der Waals surface area contributed by atoms with E-state index < -0.39 is 0 Å². The van der Waals surface area contributed by atoms with E-state index >= 15 is 0 Å². The SMILES string of the molecule is CC(=O)C1CNC(C(=O)Nc2nc(-c3ccccc3)cs2)C1. The second-order valence-corrected chi connectivity index (χ2v) is 6.26. The second-order valence-electron chi connectivity index (χ2n) is 5.40. The van der Waals surface area contributed by atoms with Crippen LogP contribution in [0.5, 0.6) is 0 Å². The highest BCUT2D eigenvalue weighted by Gasteiger charge is 2.32. The number of benzene rings is 1. The van der Waals surface area contributed by atoms with E-state index in [1.54, 1.807) is 6.92 Å². The highest BCUT2D eigenvalue weighted by atomic mass is 32.1. The molecule has 1 aromatic heterocycles. The minimum atomic E-state index is -0.321. The lowest BCUT2D eigenvalue weighted by atomic mass is 10.0. The quantitative estimate of drug-likeness (QED) is 0.908. The number of rotatable bonds is 4. The number of hydrogen-bond donors (Lipinski definition) is 2. The van der Waals surface area contributed by atoms with Crippen molar-refractivity contribution in [1.29, 1.82) is 0 Å². The molecule has 3 rings (SSSR count). The van der Waals surface area contributed by atoms with E-state index in [2.05, 4.69) is 15.6 Å². The van der Waals surface area contributed by atoms with E-state index in [4.69, 9.17) is 0 Å². The maximum Gasteiger partial charge on any atom is 0.243 e. The van der Waals surface area contributed by atoms with Gasteiger partial charge in [0.25, 0.3) is 0 Å². The Morgan fingerprint density at radius 1 is 1.32 bits per heavy atom. The van der Waals surface area contributed by atoms with Crippen LogP contribution in [-0.4, -0.2) is 29.3 Å². The van der Waals surface area contributed by atoms with Gasteiger partial charge < -0.3 is 10.6 Å². The van der Waals surface area contributed by atoms with E-state index in [0.717, 1.165) is 11.3 Å². The van der Waals surface area contributed by atoms with Crippen molar-refractivity contribution in [2.75, 3.05) is 11.9 Å². The number of anilines is 1. The molecule has 114 valence electrons. The van der Waals surface area contributed by atoms with Crippen molar-refractivity contribution in [2.24, 2.45) is 5.92 Å². The summed E-state index contributed by atoms with van der Waals surface area (Å²) in [5, 5.41) is 8.42. The lowest BCUT2D eigenvalue weighted by Gasteiger charge is -2.08. The monoisotopic (exact) mass is 315 g/mol. The van der Waals surface area contributed by atoms with Crippen LogP contribution < -0.4 is 10.6 Å². The van der Waals surface area contributed by atoms with Gasteiger partial charge >= 0.3 is 0 Å². The maximum absolute atomic E-state index is 12.2. The normalized spacial score (nSPS) is 20.8. The number of carbonyl (C=O) groups excluding carboxylic acids is 2. The Morgan fingerprint density at radius 2 is 2.09 bits per heavy atom. The van der Waals surface area contributed by atoms with Crippen LogP contribution in [0.2, 0.25) is 0 Å². The van der Waals surface area contributed by atoms with Gasteiger partial charge in [-0.1, -0.05) is 30.3 Å². The minimum Gasteiger partial charge on any atom is -0.305 e. The summed E-state index contributed by atoms with van der Waals surface area (Å²) in [7, 11) is 0. The Hall–Kier alpha value is -2.05. The van der Waals surface area contributed by atoms with Crippen LogP contribution in [0, 0.1) is 5.92 Å². The molecule has 2 unspecified atom stereocenters. The van der Waals surface area contributed by atoms with Crippen molar-refractivity contribution in [3.8, 4) is 11.3 Å². The molecule has 22 heavy (non-hydrogen) atoms. The van der Waals surface area contributed by atoms with E-state index in [9.17, 15) is 9.59 Å². The zero-order valence-corrected chi connectivity index (χ0v) is 13.0. The second kappa shape index (κ2) is 6.37. The van der Waals surface area contributed by atoms with Gasteiger partial charge in [0.05, 0.1) is 11.7 Å². The van der Waals surface area contributed by atoms with Gasteiger partial charge in [-0.15, -0.1) is 11.3 Å². The number of carbonyl (C=O) groups is 2. The van der Waals surface area contributed by atoms with Crippen LogP contribution in [0.1, 0.15) is 13.3 Å². The zero-order valence-electron chi connectivity index (χ0n) is 12.2. The van der Waals surface area contributed by atoms with Gasteiger partial charge in [0.2, 0.25) is 5.91 Å². The van der Waals surface area contributed by atoms with Crippen LogP contribution in [0.15, 0.2) is 35.7 Å². The first-order valence-corrected chi connectivity index (χ1v) is 8.07. The third-order valence-electron chi connectivity index (χ3n) is 3.83. The van der Waals surface area contributed by atoms with Crippen LogP contribution in [-0.2, 0) is 9.59 Å². The molecule has 1 aliphatic rings. The molecule has 0 spiro atoms. The summed E-state index contributed by atoms with van der Waals surface area (Å²) in [5.74, 6) is -0.0620. The number of ketones is 1. The molecule has 2 heterocycles. The van der Waals surface area contributed by atoms with E-state index in [1.165, 1.54) is 11.3 Å². The molecule has 1 fully saturated rings. The summed E-state index contributed by atoms with van der Waals surface area (Å²) >= 11 is 1.40. The van der Waals surface area contributed by atoms with E-state index in [-0.39, 0.29) is 23.7 Å². The summed E-state index contributed by atoms with van der Waals surface area (Å²) < 4.78 is 0. The fraction of sp³-hybridized carbons (Fsp3) is 0.312. The number of thiazole rings is 1. The number of Topliss-reactive ketones (excluding diaryl/α,β-unsaturated/α-hetero) is 1. The summed E-state index contributed by atoms with van der Waals surface area (Å²) in [5.41, 5.74) is 1.87. The first-order valence-electron chi connectivity index (χ1n) is 7.19. The van der Waals surface area contributed by atoms with Crippen molar-refractivity contribution in [3.63, 3.8) is 0 Å². The topological polar surface area (TPSA) is 71.1 Å². The average Bonchev–Trinajstić information content (AvgIpc) is 3.17. The number of amides is 1. The number of aromatic nitrogens is 1. The number of nitrogens with zero attached hydrogens (tertiary/aromatic N) is 1. The molecule has 2 N–H and O–H groups in total. The molecule has 0 radical (unpaired) electrons. The Kier molecular flexibility index (Phi) is 4.31. The van der Waals surface area contributed by atoms with Gasteiger partial charge in [-0.3, -0.25) is 9.59 Å². The fourth-order valence-corrected chi connectivity index (χ4v) is 3.23. The standard InChI is InChI=1S/C16H17N3O2S/c1-10(20)12-7-13(17-8-12)15(21)19-16-18-14(9-22-16)11-5-3-2-4-6-11/h2-6,9,12-13,17H,7-8H2,1H3,(H,18,19,21). The lowest BCUT2D eigenvalue weighted by molar-refractivity contribution is -0.120. The number of nitrogens with one attached hydrogen (secondary N) is 2. The third-order valence-corrected chi connectivity index (χ3v) is 4.58. The first kappa shape index (κ1) is 14.9. The van der Waals surface area contributed by atoms with E-state index in [1.807, 2.05) is 35.7 Å². The Morgan fingerprint density at radius 3 is 2.77 bits per heavy atom. The molecular weight excluding hydrogens is 298 g/mol. The van der Waals surface area contributed by atoms with Gasteiger partial charge in [-0.2, -0.15) is 0 Å². The molecule has 0 saturated carbocycles. The highest BCUT2D eigenvalue weighted by molar-refractivity contribution is 7.14. The van der Waals surface area contributed by atoms with Crippen LogP contribution in [0.25, 0.3) is 11.3 Å². The Bertz CT molecular complexity index is 684. The van der Waals surface area contributed by atoms with Crippen molar-refractivity contribution < 1.29 is 9.59 Å². The summed E-state index contributed by atoms with van der Waals surface area (Å²) in [6.45, 7) is 2.14. The fourth-order valence-electron chi connectivity index (χ4n) is 2.51.